The van der Waals surface area contributed by atoms with Gasteiger partial charge in [0.2, 0.25) is 0 Å². The van der Waals surface area contributed by atoms with E-state index in [2.05, 4.69) is 37.3 Å². The Bertz CT molecular complexity index is 1040. The van der Waals surface area contributed by atoms with Gasteiger partial charge in [-0.1, -0.05) is 92.9 Å². The Morgan fingerprint density at radius 2 is 1.69 bits per heavy atom. The minimum absolute atomic E-state index is 0.112. The van der Waals surface area contributed by atoms with Crippen molar-refractivity contribution in [3.63, 3.8) is 0 Å². The summed E-state index contributed by atoms with van der Waals surface area (Å²) in [5.74, 6) is -0.234. The van der Waals surface area contributed by atoms with E-state index in [1.54, 1.807) is 0 Å². The van der Waals surface area contributed by atoms with Gasteiger partial charge >= 0.3 is 5.97 Å². The van der Waals surface area contributed by atoms with Crippen LogP contribution >= 0.6 is 0 Å². The van der Waals surface area contributed by atoms with Gasteiger partial charge in [-0.05, 0) is 47.6 Å². The van der Waals surface area contributed by atoms with E-state index in [1.165, 1.54) is 18.4 Å². The average molecular weight is 429 g/mol. The molecule has 1 heterocycles. The molecule has 0 N–H and O–H groups in total. The van der Waals surface area contributed by atoms with E-state index >= 15 is 0 Å². The van der Waals surface area contributed by atoms with Gasteiger partial charge in [0, 0.05) is 5.56 Å². The highest BCUT2D eigenvalue weighted by Crippen LogP contribution is 2.44. The van der Waals surface area contributed by atoms with Crippen LogP contribution in [0.1, 0.15) is 78.2 Å². The van der Waals surface area contributed by atoms with Gasteiger partial charge < -0.3 is 9.47 Å². The lowest BCUT2D eigenvalue weighted by molar-refractivity contribution is 0.0526. The van der Waals surface area contributed by atoms with Gasteiger partial charge in [0.05, 0.1) is 18.8 Å². The second-order valence-electron chi connectivity index (χ2n) is 8.35. The van der Waals surface area contributed by atoms with Crippen LogP contribution in [0.4, 0.5) is 0 Å². The quantitative estimate of drug-likeness (QED) is 0.265. The molecule has 0 radical (unpaired) electrons. The summed E-state index contributed by atoms with van der Waals surface area (Å²) in [4.78, 5) is 13.2. The second kappa shape index (κ2) is 10.6. The zero-order valence-corrected chi connectivity index (χ0v) is 19.1. The fraction of sp³-hybridized carbons (Fsp3) is 0.345. The Kier molecular flexibility index (Phi) is 7.39. The van der Waals surface area contributed by atoms with Crippen molar-refractivity contribution in [1.29, 1.82) is 0 Å². The zero-order valence-electron chi connectivity index (χ0n) is 19.1. The van der Waals surface area contributed by atoms with Gasteiger partial charge in [-0.3, -0.25) is 0 Å². The number of carbonyl (C=O) groups excluding carboxylic acids is 1. The van der Waals surface area contributed by atoms with E-state index in [-0.39, 0.29) is 12.1 Å². The molecule has 166 valence electrons. The number of ether oxygens (including phenoxy) is 2. The summed E-state index contributed by atoms with van der Waals surface area (Å²) in [6.07, 6.45) is 5.37. The highest BCUT2D eigenvalue weighted by Gasteiger charge is 2.32. The van der Waals surface area contributed by atoms with Gasteiger partial charge in [-0.2, -0.15) is 0 Å². The van der Waals surface area contributed by atoms with E-state index in [0.717, 1.165) is 47.1 Å². The number of carbonyl (C=O) groups is 1. The molecule has 0 spiro atoms. The lowest BCUT2D eigenvalue weighted by Crippen LogP contribution is -2.13. The molecule has 32 heavy (non-hydrogen) atoms. The molecule has 1 unspecified atom stereocenters. The number of aryl methyl sites for hydroxylation is 1. The standard InChI is InChI=1S/C29H32O3/c1-3-5-6-9-18-23-19-24-25(20-32-28(24)22-16-12-8-13-17-22)26(21-14-10-7-11-15-21)27(23)29(30)31-4-2/h7-8,10-17,19,28H,3-6,9,18,20H2,1-2H3. The van der Waals surface area contributed by atoms with Crippen molar-refractivity contribution in [2.75, 3.05) is 6.61 Å². The maximum Gasteiger partial charge on any atom is 0.339 e. The van der Waals surface area contributed by atoms with Crippen LogP contribution in [0.25, 0.3) is 11.1 Å². The minimum atomic E-state index is -0.234. The van der Waals surface area contributed by atoms with E-state index in [1.807, 2.05) is 43.3 Å². The Hall–Kier alpha value is -2.91. The van der Waals surface area contributed by atoms with E-state index in [4.69, 9.17) is 9.47 Å². The summed E-state index contributed by atoms with van der Waals surface area (Å²) in [7, 11) is 0. The second-order valence-corrected chi connectivity index (χ2v) is 8.35. The molecule has 3 aromatic carbocycles. The predicted octanol–water partition coefficient (Wildman–Crippen LogP) is 7.27. The van der Waals surface area contributed by atoms with Crippen LogP contribution in [0, 0.1) is 0 Å². The molecule has 3 heteroatoms. The maximum absolute atomic E-state index is 13.2. The molecule has 3 aromatic rings. The maximum atomic E-state index is 13.2. The van der Waals surface area contributed by atoms with Gasteiger partial charge in [0.1, 0.15) is 6.10 Å². The van der Waals surface area contributed by atoms with Crippen LogP contribution in [0.2, 0.25) is 0 Å². The van der Waals surface area contributed by atoms with E-state index in [9.17, 15) is 4.79 Å². The van der Waals surface area contributed by atoms with Gasteiger partial charge in [0.25, 0.3) is 0 Å². The molecule has 1 aliphatic rings. The van der Waals surface area contributed by atoms with Crippen molar-refractivity contribution in [3.05, 3.63) is 94.5 Å². The molecular weight excluding hydrogens is 396 g/mol. The van der Waals surface area contributed by atoms with E-state index in [0.29, 0.717) is 18.8 Å². The van der Waals surface area contributed by atoms with Crippen molar-refractivity contribution < 1.29 is 14.3 Å². The first-order valence-electron chi connectivity index (χ1n) is 11.8. The van der Waals surface area contributed by atoms with E-state index < -0.39 is 0 Å². The SMILES string of the molecule is CCCCCCc1cc2c(c(-c3ccccc3)c1C(=O)OCC)COC2c1ccccc1. The summed E-state index contributed by atoms with van der Waals surface area (Å²) < 4.78 is 11.9. The molecule has 1 aliphatic heterocycles. The first-order chi connectivity index (χ1) is 15.7. The summed E-state index contributed by atoms with van der Waals surface area (Å²) >= 11 is 0. The highest BCUT2D eigenvalue weighted by atomic mass is 16.5. The lowest BCUT2D eigenvalue weighted by atomic mass is 9.84. The number of benzene rings is 3. The molecule has 0 saturated carbocycles. The molecule has 4 rings (SSSR count). The Labute approximate surface area is 191 Å². The van der Waals surface area contributed by atoms with Crippen LogP contribution < -0.4 is 0 Å². The Morgan fingerprint density at radius 1 is 0.969 bits per heavy atom. The molecule has 0 aromatic heterocycles. The molecule has 0 amide bonds. The summed E-state index contributed by atoms with van der Waals surface area (Å²) in [5, 5.41) is 0. The van der Waals surface area contributed by atoms with Crippen molar-refractivity contribution in [1.82, 2.24) is 0 Å². The smallest absolute Gasteiger partial charge is 0.339 e. The topological polar surface area (TPSA) is 35.5 Å². The molecule has 0 aliphatic carbocycles. The van der Waals surface area contributed by atoms with Crippen molar-refractivity contribution >= 4 is 5.97 Å². The molecule has 0 bridgehead atoms. The fourth-order valence-corrected chi connectivity index (χ4v) is 4.65. The van der Waals surface area contributed by atoms with Crippen molar-refractivity contribution in [3.8, 4) is 11.1 Å². The third kappa shape index (κ3) is 4.63. The number of rotatable bonds is 9. The Balaban J connectivity index is 1.89. The number of esters is 1. The molecule has 0 fully saturated rings. The highest BCUT2D eigenvalue weighted by molar-refractivity contribution is 6.00. The lowest BCUT2D eigenvalue weighted by Gasteiger charge is -2.20. The zero-order chi connectivity index (χ0) is 22.3. The van der Waals surface area contributed by atoms with Crippen LogP contribution in [-0.2, 0) is 22.5 Å². The summed E-state index contributed by atoms with van der Waals surface area (Å²) in [6, 6.07) is 22.8. The van der Waals surface area contributed by atoms with Crippen LogP contribution in [0.5, 0.6) is 0 Å². The molecular formula is C29H32O3. The number of hydrogen-bond donors (Lipinski definition) is 0. The van der Waals surface area contributed by atoms with Crippen LogP contribution in [0.3, 0.4) is 0 Å². The third-order valence-corrected chi connectivity index (χ3v) is 6.17. The minimum Gasteiger partial charge on any atom is -0.462 e. The van der Waals surface area contributed by atoms with Crippen molar-refractivity contribution in [2.24, 2.45) is 0 Å². The largest absolute Gasteiger partial charge is 0.462 e. The van der Waals surface area contributed by atoms with Crippen molar-refractivity contribution in [2.45, 2.75) is 58.7 Å². The fourth-order valence-electron chi connectivity index (χ4n) is 4.65. The Morgan fingerprint density at radius 3 is 2.38 bits per heavy atom. The summed E-state index contributed by atoms with van der Waals surface area (Å²) in [5.41, 5.74) is 7.23. The van der Waals surface area contributed by atoms with Gasteiger partial charge in [-0.15, -0.1) is 0 Å². The third-order valence-electron chi connectivity index (χ3n) is 6.17. The van der Waals surface area contributed by atoms with Gasteiger partial charge in [0.15, 0.2) is 0 Å². The molecule has 0 saturated heterocycles. The molecule has 3 nitrogen and oxygen atoms in total. The normalized spacial score (nSPS) is 14.9. The summed E-state index contributed by atoms with van der Waals surface area (Å²) in [6.45, 7) is 4.93. The molecule has 1 atom stereocenters. The van der Waals surface area contributed by atoms with Gasteiger partial charge in [-0.25, -0.2) is 4.79 Å². The average Bonchev–Trinajstić information content (AvgIpc) is 3.26. The first kappa shape index (κ1) is 22.3. The number of hydrogen-bond acceptors (Lipinski definition) is 3. The number of unbranched alkanes of at least 4 members (excludes halogenated alkanes) is 3. The number of fused-ring (bicyclic) bond motifs is 1. The van der Waals surface area contributed by atoms with Crippen LogP contribution in [-0.4, -0.2) is 12.6 Å². The van der Waals surface area contributed by atoms with Crippen LogP contribution in [0.15, 0.2) is 66.7 Å². The predicted molar refractivity (Wildman–Crippen MR) is 129 cm³/mol. The monoisotopic (exact) mass is 428 g/mol. The first-order valence-corrected chi connectivity index (χ1v) is 11.8.